The number of carbonyl (C=O) groups excluding carboxylic acids is 2. The third-order valence-electron chi connectivity index (χ3n) is 5.62. The van der Waals surface area contributed by atoms with Crippen LogP contribution in [-0.2, 0) is 20.5 Å². The lowest BCUT2D eigenvalue weighted by molar-refractivity contribution is -0.140. The fourth-order valence-electron chi connectivity index (χ4n) is 4.01. The van der Waals surface area contributed by atoms with Gasteiger partial charge in [0.2, 0.25) is 5.91 Å². The van der Waals surface area contributed by atoms with Crippen LogP contribution in [0.1, 0.15) is 29.9 Å². The van der Waals surface area contributed by atoms with Crippen molar-refractivity contribution in [2.75, 3.05) is 13.2 Å². The molecule has 158 valence electrons. The van der Waals surface area contributed by atoms with Gasteiger partial charge in [0.15, 0.2) is 5.78 Å². The van der Waals surface area contributed by atoms with Crippen molar-refractivity contribution in [3.05, 3.63) is 58.4 Å². The van der Waals surface area contributed by atoms with E-state index in [1.807, 2.05) is 0 Å². The summed E-state index contributed by atoms with van der Waals surface area (Å²) in [6, 6.07) is 6.92. The Balaban J connectivity index is 1.75. The second-order valence-electron chi connectivity index (χ2n) is 7.41. The summed E-state index contributed by atoms with van der Waals surface area (Å²) >= 11 is 6.25. The number of halogens is 5. The third-order valence-corrected chi connectivity index (χ3v) is 5.96. The number of Topliss-reactive ketones (excluding diaryl/α,β-unsaturated/α-hetero) is 1. The predicted octanol–water partition coefficient (Wildman–Crippen LogP) is 4.50. The highest BCUT2D eigenvalue weighted by molar-refractivity contribution is 6.33. The highest BCUT2D eigenvalue weighted by Gasteiger charge is 2.53. The van der Waals surface area contributed by atoms with Gasteiger partial charge in [0, 0.05) is 31.1 Å². The van der Waals surface area contributed by atoms with Crippen molar-refractivity contribution >= 4 is 23.3 Å². The van der Waals surface area contributed by atoms with Gasteiger partial charge in [-0.1, -0.05) is 23.7 Å². The molecule has 2 aromatic rings. The Morgan fingerprint density at radius 2 is 1.67 bits per heavy atom. The van der Waals surface area contributed by atoms with E-state index in [2.05, 4.69) is 5.32 Å². The molecule has 1 atom stereocenters. The van der Waals surface area contributed by atoms with Gasteiger partial charge in [0.1, 0.15) is 17.3 Å². The van der Waals surface area contributed by atoms with Crippen molar-refractivity contribution in [1.82, 2.24) is 5.32 Å². The van der Waals surface area contributed by atoms with Gasteiger partial charge < -0.3 is 10.1 Å². The number of alkyl halides is 3. The molecule has 4 nitrogen and oxygen atoms in total. The van der Waals surface area contributed by atoms with Gasteiger partial charge in [-0.3, -0.25) is 9.59 Å². The molecule has 30 heavy (non-hydrogen) atoms. The molecule has 0 radical (unpaired) electrons. The number of nitrogens with one attached hydrogen (secondary N) is 1. The van der Waals surface area contributed by atoms with E-state index in [0.717, 1.165) is 6.07 Å². The molecular weight excluding hydrogens is 426 g/mol. The SMILES string of the molecule is O=C1NC2(CCOCC2)C(=O)C1c1cc(-c2ccc(F)c(C(F)(F)F)c2)ccc1Cl. The summed E-state index contributed by atoms with van der Waals surface area (Å²) in [6.07, 6.45) is -4.16. The standard InChI is InChI=1S/C21H16ClF4NO3/c22-15-3-1-11(12-2-4-16(23)14(10-12)21(24,25)26)9-13(15)17-18(28)20(27-19(17)29)5-7-30-8-6-20/h1-4,9-10,17H,5-8H2,(H,27,29). The molecule has 9 heteroatoms. The van der Waals surface area contributed by atoms with E-state index in [4.69, 9.17) is 16.3 Å². The summed E-state index contributed by atoms with van der Waals surface area (Å²) in [4.78, 5) is 25.8. The van der Waals surface area contributed by atoms with Crippen LogP contribution in [0.4, 0.5) is 17.6 Å². The lowest BCUT2D eigenvalue weighted by atomic mass is 9.81. The maximum atomic E-state index is 13.6. The zero-order chi connectivity index (χ0) is 21.7. The highest BCUT2D eigenvalue weighted by Crippen LogP contribution is 2.40. The first-order chi connectivity index (χ1) is 14.1. The summed E-state index contributed by atoms with van der Waals surface area (Å²) in [5, 5.41) is 2.91. The van der Waals surface area contributed by atoms with Gasteiger partial charge in [-0.05, 0) is 41.0 Å². The van der Waals surface area contributed by atoms with E-state index in [-0.39, 0.29) is 27.5 Å². The van der Waals surface area contributed by atoms with Gasteiger partial charge >= 0.3 is 6.18 Å². The van der Waals surface area contributed by atoms with Crippen LogP contribution in [0.3, 0.4) is 0 Å². The molecule has 2 aliphatic rings. The van der Waals surface area contributed by atoms with Gasteiger partial charge in [-0.15, -0.1) is 0 Å². The molecule has 4 rings (SSSR count). The molecule has 0 aromatic heterocycles. The highest BCUT2D eigenvalue weighted by atomic mass is 35.5. The predicted molar refractivity (Wildman–Crippen MR) is 101 cm³/mol. The number of hydrogen-bond donors (Lipinski definition) is 1. The van der Waals surface area contributed by atoms with E-state index < -0.39 is 34.9 Å². The molecule has 0 bridgehead atoms. The van der Waals surface area contributed by atoms with Crippen LogP contribution >= 0.6 is 11.6 Å². The average molecular weight is 442 g/mol. The number of ether oxygens (including phenoxy) is 1. The quantitative estimate of drug-likeness (QED) is 0.551. The lowest BCUT2D eigenvalue weighted by Crippen LogP contribution is -2.50. The Morgan fingerprint density at radius 3 is 2.33 bits per heavy atom. The largest absolute Gasteiger partial charge is 0.419 e. The topological polar surface area (TPSA) is 55.4 Å². The Kier molecular flexibility index (Phi) is 5.10. The van der Waals surface area contributed by atoms with Crippen LogP contribution in [0.15, 0.2) is 36.4 Å². The zero-order valence-corrected chi connectivity index (χ0v) is 16.2. The monoisotopic (exact) mass is 441 g/mol. The molecule has 2 saturated heterocycles. The molecule has 1 unspecified atom stereocenters. The first-order valence-corrected chi connectivity index (χ1v) is 9.61. The number of benzene rings is 2. The zero-order valence-electron chi connectivity index (χ0n) is 15.5. The second-order valence-corrected chi connectivity index (χ2v) is 7.82. The van der Waals surface area contributed by atoms with Gasteiger partial charge in [0.25, 0.3) is 0 Å². The van der Waals surface area contributed by atoms with Crippen molar-refractivity contribution in [2.45, 2.75) is 30.5 Å². The molecule has 2 aliphatic heterocycles. The molecule has 1 spiro atoms. The van der Waals surface area contributed by atoms with Crippen molar-refractivity contribution in [1.29, 1.82) is 0 Å². The number of rotatable bonds is 2. The molecule has 0 aliphatic carbocycles. The molecule has 0 saturated carbocycles. The van der Waals surface area contributed by atoms with Crippen LogP contribution in [0.2, 0.25) is 5.02 Å². The number of carbonyl (C=O) groups is 2. The molecule has 1 N–H and O–H groups in total. The van der Waals surface area contributed by atoms with Crippen LogP contribution in [0, 0.1) is 5.82 Å². The Hall–Kier alpha value is -2.45. The Morgan fingerprint density at radius 1 is 1.03 bits per heavy atom. The first-order valence-electron chi connectivity index (χ1n) is 9.23. The fourth-order valence-corrected chi connectivity index (χ4v) is 4.23. The summed E-state index contributed by atoms with van der Waals surface area (Å²) < 4.78 is 58.1. The average Bonchev–Trinajstić information content (AvgIpc) is 2.92. The summed E-state index contributed by atoms with van der Waals surface area (Å²) in [6.45, 7) is 0.671. The maximum Gasteiger partial charge on any atom is 0.419 e. The van der Waals surface area contributed by atoms with Crippen LogP contribution in [0.5, 0.6) is 0 Å². The number of ketones is 1. The molecular formula is C21H16ClF4NO3. The van der Waals surface area contributed by atoms with Crippen molar-refractivity contribution in [2.24, 2.45) is 0 Å². The van der Waals surface area contributed by atoms with Crippen LogP contribution < -0.4 is 5.32 Å². The number of hydrogen-bond acceptors (Lipinski definition) is 3. The normalized spacial score (nSPS) is 21.2. The lowest BCUT2D eigenvalue weighted by Gasteiger charge is -2.31. The van der Waals surface area contributed by atoms with Crippen LogP contribution in [0.25, 0.3) is 11.1 Å². The minimum Gasteiger partial charge on any atom is -0.381 e. The van der Waals surface area contributed by atoms with Crippen LogP contribution in [-0.4, -0.2) is 30.4 Å². The minimum atomic E-state index is -4.86. The summed E-state index contributed by atoms with van der Waals surface area (Å²) in [5.74, 6) is -3.38. The van der Waals surface area contributed by atoms with Crippen molar-refractivity contribution in [3.63, 3.8) is 0 Å². The van der Waals surface area contributed by atoms with Gasteiger partial charge in [0.05, 0.1) is 5.56 Å². The van der Waals surface area contributed by atoms with E-state index in [1.165, 1.54) is 24.3 Å². The van der Waals surface area contributed by atoms with Gasteiger partial charge in [-0.25, -0.2) is 4.39 Å². The second kappa shape index (κ2) is 7.35. The molecule has 2 aromatic carbocycles. The number of amides is 1. The Labute approximate surface area is 174 Å². The fraction of sp³-hybridized carbons (Fsp3) is 0.333. The van der Waals surface area contributed by atoms with E-state index in [9.17, 15) is 27.2 Å². The molecule has 1 amide bonds. The summed E-state index contributed by atoms with van der Waals surface area (Å²) in [7, 11) is 0. The summed E-state index contributed by atoms with van der Waals surface area (Å²) in [5.41, 5.74) is -1.83. The van der Waals surface area contributed by atoms with Gasteiger partial charge in [-0.2, -0.15) is 13.2 Å². The van der Waals surface area contributed by atoms with E-state index in [1.54, 1.807) is 0 Å². The maximum absolute atomic E-state index is 13.6. The van der Waals surface area contributed by atoms with Crippen molar-refractivity contribution in [3.8, 4) is 11.1 Å². The smallest absolute Gasteiger partial charge is 0.381 e. The van der Waals surface area contributed by atoms with E-state index in [0.29, 0.717) is 32.1 Å². The third kappa shape index (κ3) is 3.48. The first kappa shape index (κ1) is 20.8. The Bertz CT molecular complexity index is 1030. The van der Waals surface area contributed by atoms with E-state index >= 15 is 0 Å². The minimum absolute atomic E-state index is 0.0910. The van der Waals surface area contributed by atoms with Crippen molar-refractivity contribution < 1.29 is 31.9 Å². The molecule has 2 fully saturated rings. The molecule has 2 heterocycles.